The molecule has 2 rings (SSSR count). The Morgan fingerprint density at radius 2 is 2.33 bits per heavy atom. The average molecular weight is 204 g/mol. The molecular formula is C11H12N2O2. The fourth-order valence-corrected chi connectivity index (χ4v) is 1.74. The maximum absolute atomic E-state index is 10.9. The van der Waals surface area contributed by atoms with E-state index >= 15 is 0 Å². The van der Waals surface area contributed by atoms with Gasteiger partial charge >= 0.3 is 6.09 Å². The van der Waals surface area contributed by atoms with E-state index in [-0.39, 0.29) is 0 Å². The predicted octanol–water partition coefficient (Wildman–Crippen LogP) is 1.78. The summed E-state index contributed by atoms with van der Waals surface area (Å²) in [5, 5.41) is 8.93. The highest BCUT2D eigenvalue weighted by atomic mass is 16.4. The number of anilines is 1. The number of amides is 1. The Labute approximate surface area is 87.9 Å². The Balaban J connectivity index is 2.48. The van der Waals surface area contributed by atoms with Crippen LogP contribution in [0.25, 0.3) is 0 Å². The van der Waals surface area contributed by atoms with Gasteiger partial charge in [-0.3, -0.25) is 9.89 Å². The van der Waals surface area contributed by atoms with Crippen molar-refractivity contribution < 1.29 is 9.90 Å². The van der Waals surface area contributed by atoms with Crippen LogP contribution in [0.15, 0.2) is 23.2 Å². The largest absolute Gasteiger partial charge is 0.465 e. The highest BCUT2D eigenvalue weighted by Gasteiger charge is 2.16. The second-order valence-corrected chi connectivity index (χ2v) is 3.47. The second kappa shape index (κ2) is 3.73. The SMILES string of the molecule is CN(C(=O)O)c1cccc2c1CCN=C2. The van der Waals surface area contributed by atoms with E-state index in [9.17, 15) is 4.79 Å². The minimum atomic E-state index is -0.939. The number of hydrogen-bond donors (Lipinski definition) is 1. The molecule has 1 aliphatic rings. The third-order valence-corrected chi connectivity index (χ3v) is 2.56. The van der Waals surface area contributed by atoms with E-state index in [2.05, 4.69) is 4.99 Å². The lowest BCUT2D eigenvalue weighted by molar-refractivity contribution is 0.203. The summed E-state index contributed by atoms with van der Waals surface area (Å²) in [6, 6.07) is 5.63. The molecule has 0 fully saturated rings. The van der Waals surface area contributed by atoms with Crippen molar-refractivity contribution in [1.82, 2.24) is 0 Å². The van der Waals surface area contributed by atoms with Gasteiger partial charge in [-0.1, -0.05) is 12.1 Å². The van der Waals surface area contributed by atoms with E-state index in [0.717, 1.165) is 29.8 Å². The van der Waals surface area contributed by atoms with Crippen LogP contribution in [0, 0.1) is 0 Å². The number of aliphatic imine (C=N–C) groups is 1. The molecule has 1 aromatic carbocycles. The van der Waals surface area contributed by atoms with Crippen LogP contribution in [0.5, 0.6) is 0 Å². The molecule has 1 aliphatic heterocycles. The van der Waals surface area contributed by atoms with E-state index in [4.69, 9.17) is 5.11 Å². The van der Waals surface area contributed by atoms with Crippen LogP contribution in [0.3, 0.4) is 0 Å². The zero-order chi connectivity index (χ0) is 10.8. The lowest BCUT2D eigenvalue weighted by atomic mass is 10.0. The third kappa shape index (κ3) is 1.70. The summed E-state index contributed by atoms with van der Waals surface area (Å²) in [5.41, 5.74) is 2.84. The molecule has 4 nitrogen and oxygen atoms in total. The van der Waals surface area contributed by atoms with Crippen LogP contribution in [0.2, 0.25) is 0 Å². The van der Waals surface area contributed by atoms with Gasteiger partial charge in [-0.05, 0) is 23.6 Å². The van der Waals surface area contributed by atoms with Crippen LogP contribution in [0.4, 0.5) is 10.5 Å². The molecule has 4 heteroatoms. The van der Waals surface area contributed by atoms with Crippen LogP contribution >= 0.6 is 0 Å². The predicted molar refractivity (Wildman–Crippen MR) is 59.0 cm³/mol. The summed E-state index contributed by atoms with van der Waals surface area (Å²) in [5.74, 6) is 0. The van der Waals surface area contributed by atoms with E-state index in [1.165, 1.54) is 4.90 Å². The standard InChI is InChI=1S/C11H12N2O2/c1-13(11(14)15)10-4-2-3-8-7-12-6-5-9(8)10/h2-4,7H,5-6H2,1H3,(H,14,15). The summed E-state index contributed by atoms with van der Waals surface area (Å²) in [4.78, 5) is 16.3. The molecule has 1 amide bonds. The van der Waals surface area contributed by atoms with Crippen molar-refractivity contribution in [2.45, 2.75) is 6.42 Å². The maximum atomic E-state index is 10.9. The minimum absolute atomic E-state index is 0.734. The van der Waals surface area contributed by atoms with E-state index in [0.29, 0.717) is 0 Å². The quantitative estimate of drug-likeness (QED) is 0.758. The first kappa shape index (κ1) is 9.71. The van der Waals surface area contributed by atoms with Gasteiger partial charge in [0.25, 0.3) is 0 Å². The Bertz CT molecular complexity index is 427. The molecule has 78 valence electrons. The Hall–Kier alpha value is -1.84. The smallest absolute Gasteiger partial charge is 0.411 e. The third-order valence-electron chi connectivity index (χ3n) is 2.56. The molecule has 15 heavy (non-hydrogen) atoms. The molecule has 0 aromatic heterocycles. The van der Waals surface area contributed by atoms with Crippen LogP contribution < -0.4 is 4.90 Å². The summed E-state index contributed by atoms with van der Waals surface area (Å²) in [7, 11) is 1.56. The van der Waals surface area contributed by atoms with Gasteiger partial charge in [0.05, 0.1) is 5.69 Å². The number of fused-ring (bicyclic) bond motifs is 1. The van der Waals surface area contributed by atoms with Crippen molar-refractivity contribution in [3.05, 3.63) is 29.3 Å². The van der Waals surface area contributed by atoms with Crippen molar-refractivity contribution in [3.8, 4) is 0 Å². The number of hydrogen-bond acceptors (Lipinski definition) is 2. The molecule has 0 unspecified atom stereocenters. The van der Waals surface area contributed by atoms with Gasteiger partial charge in [-0.15, -0.1) is 0 Å². The normalized spacial score (nSPS) is 13.4. The fourth-order valence-electron chi connectivity index (χ4n) is 1.74. The van der Waals surface area contributed by atoms with Gasteiger partial charge in [-0.25, -0.2) is 4.79 Å². The van der Waals surface area contributed by atoms with Gasteiger partial charge in [0.1, 0.15) is 0 Å². The number of nitrogens with zero attached hydrogens (tertiary/aromatic N) is 2. The molecule has 0 atom stereocenters. The molecule has 0 bridgehead atoms. The number of benzene rings is 1. The molecule has 1 heterocycles. The van der Waals surface area contributed by atoms with Crippen molar-refractivity contribution in [1.29, 1.82) is 0 Å². The van der Waals surface area contributed by atoms with Crippen molar-refractivity contribution in [2.75, 3.05) is 18.5 Å². The number of carboxylic acid groups (broad SMARTS) is 1. The molecule has 0 spiro atoms. The number of carbonyl (C=O) groups is 1. The van der Waals surface area contributed by atoms with Gasteiger partial charge in [0.2, 0.25) is 0 Å². The lowest BCUT2D eigenvalue weighted by Gasteiger charge is -2.20. The van der Waals surface area contributed by atoms with Gasteiger partial charge in [0, 0.05) is 19.8 Å². The topological polar surface area (TPSA) is 52.9 Å². The summed E-state index contributed by atoms with van der Waals surface area (Å²) >= 11 is 0. The highest BCUT2D eigenvalue weighted by Crippen LogP contribution is 2.24. The lowest BCUT2D eigenvalue weighted by Crippen LogP contribution is -2.26. The zero-order valence-electron chi connectivity index (χ0n) is 8.47. The molecular weight excluding hydrogens is 192 g/mol. The summed E-state index contributed by atoms with van der Waals surface area (Å²) in [6.07, 6.45) is 1.67. The monoisotopic (exact) mass is 204 g/mol. The van der Waals surface area contributed by atoms with Crippen LogP contribution in [-0.2, 0) is 6.42 Å². The van der Waals surface area contributed by atoms with Gasteiger partial charge in [-0.2, -0.15) is 0 Å². The first-order valence-corrected chi connectivity index (χ1v) is 4.78. The van der Waals surface area contributed by atoms with E-state index in [1.54, 1.807) is 13.3 Å². The highest BCUT2D eigenvalue weighted by molar-refractivity contribution is 5.91. The van der Waals surface area contributed by atoms with Crippen LogP contribution in [0.1, 0.15) is 11.1 Å². The Morgan fingerprint density at radius 1 is 1.53 bits per heavy atom. The molecule has 0 saturated carbocycles. The van der Waals surface area contributed by atoms with Gasteiger partial charge in [0.15, 0.2) is 0 Å². The fraction of sp³-hybridized carbons (Fsp3) is 0.273. The molecule has 0 aliphatic carbocycles. The minimum Gasteiger partial charge on any atom is -0.465 e. The van der Waals surface area contributed by atoms with Crippen molar-refractivity contribution >= 4 is 18.0 Å². The summed E-state index contributed by atoms with van der Waals surface area (Å²) < 4.78 is 0. The van der Waals surface area contributed by atoms with Gasteiger partial charge < -0.3 is 5.11 Å². The van der Waals surface area contributed by atoms with Crippen molar-refractivity contribution in [2.24, 2.45) is 4.99 Å². The number of rotatable bonds is 1. The molecule has 0 radical (unpaired) electrons. The zero-order valence-corrected chi connectivity index (χ0v) is 8.47. The first-order chi connectivity index (χ1) is 7.20. The molecule has 1 aromatic rings. The summed E-state index contributed by atoms with van der Waals surface area (Å²) in [6.45, 7) is 0.734. The Morgan fingerprint density at radius 3 is 3.07 bits per heavy atom. The maximum Gasteiger partial charge on any atom is 0.411 e. The van der Waals surface area contributed by atoms with Crippen molar-refractivity contribution in [3.63, 3.8) is 0 Å². The molecule has 1 N–H and O–H groups in total. The second-order valence-electron chi connectivity index (χ2n) is 3.47. The van der Waals surface area contributed by atoms with E-state index < -0.39 is 6.09 Å². The molecule has 0 saturated heterocycles. The Kier molecular flexibility index (Phi) is 2.41. The first-order valence-electron chi connectivity index (χ1n) is 4.78. The van der Waals surface area contributed by atoms with Crippen LogP contribution in [-0.4, -0.2) is 31.0 Å². The average Bonchev–Trinajstić information content (AvgIpc) is 2.27. The van der Waals surface area contributed by atoms with E-state index in [1.807, 2.05) is 18.2 Å².